The SMILES string of the molecule is CCCC[C@H](C)C[C@H](O)C=C[C@@H]1[C@H]2CC(CNCCC(=O)N(C)C)=C[C@H]2C[C@H]1O. The molecule has 0 bridgehead atoms. The monoisotopic (exact) mass is 406 g/mol. The maximum atomic E-state index is 11.6. The number of rotatable bonds is 12. The molecule has 0 heterocycles. The number of nitrogens with zero attached hydrogens (tertiary/aromatic N) is 1. The molecule has 3 N–H and O–H groups in total. The van der Waals surface area contributed by atoms with Crippen LogP contribution in [-0.2, 0) is 4.79 Å². The predicted octanol–water partition coefficient (Wildman–Crippen LogP) is 3.13. The van der Waals surface area contributed by atoms with Gasteiger partial charge in [0.2, 0.25) is 5.91 Å². The zero-order valence-electron chi connectivity index (χ0n) is 18.8. The number of amides is 1. The molecule has 0 aliphatic heterocycles. The number of carbonyl (C=O) groups is 1. The van der Waals surface area contributed by atoms with Crippen molar-refractivity contribution in [3.05, 3.63) is 23.8 Å². The van der Waals surface area contributed by atoms with E-state index in [4.69, 9.17) is 0 Å². The highest BCUT2D eigenvalue weighted by atomic mass is 16.3. The van der Waals surface area contributed by atoms with Crippen molar-refractivity contribution in [1.29, 1.82) is 0 Å². The Kier molecular flexibility index (Phi) is 9.87. The van der Waals surface area contributed by atoms with Crippen molar-refractivity contribution in [2.75, 3.05) is 27.2 Å². The van der Waals surface area contributed by atoms with Crippen molar-refractivity contribution in [1.82, 2.24) is 10.2 Å². The molecule has 0 radical (unpaired) electrons. The van der Waals surface area contributed by atoms with Crippen LogP contribution in [0.5, 0.6) is 0 Å². The zero-order valence-corrected chi connectivity index (χ0v) is 18.8. The van der Waals surface area contributed by atoms with Gasteiger partial charge in [-0.2, -0.15) is 0 Å². The number of hydrogen-bond acceptors (Lipinski definition) is 4. The van der Waals surface area contributed by atoms with Gasteiger partial charge >= 0.3 is 0 Å². The number of hydrogen-bond donors (Lipinski definition) is 3. The summed E-state index contributed by atoms with van der Waals surface area (Å²) in [6, 6.07) is 0. The molecule has 2 aliphatic carbocycles. The minimum Gasteiger partial charge on any atom is -0.392 e. The third-order valence-electron chi connectivity index (χ3n) is 6.57. The number of nitrogens with one attached hydrogen (secondary N) is 1. The Balaban J connectivity index is 1.77. The van der Waals surface area contributed by atoms with Crippen LogP contribution in [0.15, 0.2) is 23.8 Å². The highest BCUT2D eigenvalue weighted by Crippen LogP contribution is 2.47. The van der Waals surface area contributed by atoms with E-state index in [0.717, 1.165) is 25.8 Å². The summed E-state index contributed by atoms with van der Waals surface area (Å²) in [5.74, 6) is 1.67. The molecule has 0 unspecified atom stereocenters. The first-order valence-corrected chi connectivity index (χ1v) is 11.5. The summed E-state index contributed by atoms with van der Waals surface area (Å²) in [7, 11) is 3.57. The molecule has 0 aromatic heterocycles. The molecule has 5 nitrogen and oxygen atoms in total. The molecule has 0 aromatic rings. The van der Waals surface area contributed by atoms with Crippen molar-refractivity contribution >= 4 is 5.91 Å². The van der Waals surface area contributed by atoms with Gasteiger partial charge in [-0.3, -0.25) is 4.79 Å². The van der Waals surface area contributed by atoms with Gasteiger partial charge in [0.1, 0.15) is 0 Å². The number of aliphatic hydroxyl groups excluding tert-OH is 2. The first-order valence-electron chi connectivity index (χ1n) is 11.5. The van der Waals surface area contributed by atoms with Crippen molar-refractivity contribution in [3.63, 3.8) is 0 Å². The summed E-state index contributed by atoms with van der Waals surface area (Å²) in [6.07, 6.45) is 12.3. The highest BCUT2D eigenvalue weighted by Gasteiger charge is 2.43. The van der Waals surface area contributed by atoms with Crippen molar-refractivity contribution in [2.45, 2.75) is 71.0 Å². The average Bonchev–Trinajstić information content (AvgIpc) is 3.17. The first kappa shape index (κ1) is 24.1. The van der Waals surface area contributed by atoms with Gasteiger partial charge in [0.05, 0.1) is 12.2 Å². The van der Waals surface area contributed by atoms with E-state index < -0.39 is 6.10 Å². The summed E-state index contributed by atoms with van der Waals surface area (Å²) < 4.78 is 0. The normalized spacial score (nSPS) is 28.4. The van der Waals surface area contributed by atoms with Crippen LogP contribution in [0.3, 0.4) is 0 Å². The number of carbonyl (C=O) groups excluding carboxylic acids is 1. The molecule has 2 aliphatic rings. The number of allylic oxidation sites excluding steroid dienone is 1. The van der Waals surface area contributed by atoms with Crippen LogP contribution in [0.2, 0.25) is 0 Å². The fraction of sp³-hybridized carbons (Fsp3) is 0.792. The van der Waals surface area contributed by atoms with Gasteiger partial charge < -0.3 is 20.4 Å². The van der Waals surface area contributed by atoms with Gasteiger partial charge in [0.15, 0.2) is 0 Å². The summed E-state index contributed by atoms with van der Waals surface area (Å²) in [4.78, 5) is 13.3. The fourth-order valence-corrected chi connectivity index (χ4v) is 4.82. The summed E-state index contributed by atoms with van der Waals surface area (Å²) in [5.41, 5.74) is 1.39. The second-order valence-corrected chi connectivity index (χ2v) is 9.39. The van der Waals surface area contributed by atoms with Crippen LogP contribution in [0.4, 0.5) is 0 Å². The van der Waals surface area contributed by atoms with Crippen molar-refractivity contribution in [3.8, 4) is 0 Å². The van der Waals surface area contributed by atoms with E-state index in [-0.39, 0.29) is 17.9 Å². The Hall–Kier alpha value is -1.17. The third-order valence-corrected chi connectivity index (χ3v) is 6.57. The number of fused-ring (bicyclic) bond motifs is 1. The quantitative estimate of drug-likeness (QED) is 0.344. The molecule has 0 aromatic carbocycles. The molecular weight excluding hydrogens is 364 g/mol. The molecular formula is C24H42N2O3. The van der Waals surface area contributed by atoms with Crippen LogP contribution in [-0.4, -0.2) is 60.4 Å². The lowest BCUT2D eigenvalue weighted by Crippen LogP contribution is -2.27. The van der Waals surface area contributed by atoms with Gasteiger partial charge in [-0.1, -0.05) is 56.9 Å². The first-order chi connectivity index (χ1) is 13.8. The van der Waals surface area contributed by atoms with Crippen LogP contribution < -0.4 is 5.32 Å². The Labute approximate surface area is 177 Å². The zero-order chi connectivity index (χ0) is 21.4. The van der Waals surface area contributed by atoms with E-state index in [1.54, 1.807) is 19.0 Å². The van der Waals surface area contributed by atoms with Gasteiger partial charge in [-0.15, -0.1) is 0 Å². The molecule has 29 heavy (non-hydrogen) atoms. The third kappa shape index (κ3) is 7.54. The van der Waals surface area contributed by atoms with Crippen LogP contribution in [0.25, 0.3) is 0 Å². The minimum absolute atomic E-state index is 0.129. The highest BCUT2D eigenvalue weighted by molar-refractivity contribution is 5.75. The van der Waals surface area contributed by atoms with Crippen LogP contribution in [0.1, 0.15) is 58.8 Å². The van der Waals surface area contributed by atoms with Crippen molar-refractivity contribution < 1.29 is 15.0 Å². The maximum Gasteiger partial charge on any atom is 0.223 e. The Morgan fingerprint density at radius 3 is 2.86 bits per heavy atom. The summed E-state index contributed by atoms with van der Waals surface area (Å²) >= 11 is 0. The van der Waals surface area contributed by atoms with Crippen LogP contribution in [0, 0.1) is 23.7 Å². The second-order valence-electron chi connectivity index (χ2n) is 9.39. The summed E-state index contributed by atoms with van der Waals surface area (Å²) in [5, 5.41) is 24.2. The topological polar surface area (TPSA) is 72.8 Å². The van der Waals surface area contributed by atoms with E-state index in [0.29, 0.717) is 30.7 Å². The Morgan fingerprint density at radius 2 is 2.17 bits per heavy atom. The molecule has 2 rings (SSSR count). The lowest BCUT2D eigenvalue weighted by atomic mass is 9.88. The van der Waals surface area contributed by atoms with E-state index >= 15 is 0 Å². The van der Waals surface area contributed by atoms with Gasteiger partial charge in [0, 0.05) is 39.5 Å². The largest absolute Gasteiger partial charge is 0.392 e. The van der Waals surface area contributed by atoms with Crippen molar-refractivity contribution in [2.24, 2.45) is 23.7 Å². The van der Waals surface area contributed by atoms with Gasteiger partial charge in [-0.05, 0) is 37.0 Å². The van der Waals surface area contributed by atoms with E-state index in [2.05, 4.69) is 31.3 Å². The second kappa shape index (κ2) is 11.9. The molecule has 0 saturated heterocycles. The number of unbranched alkanes of at least 4 members (excludes halogenated alkanes) is 1. The molecule has 1 amide bonds. The Bertz CT molecular complexity index is 572. The van der Waals surface area contributed by atoms with Gasteiger partial charge in [0.25, 0.3) is 0 Å². The lowest BCUT2D eigenvalue weighted by molar-refractivity contribution is -0.128. The molecule has 6 atom stereocenters. The molecule has 166 valence electrons. The Morgan fingerprint density at radius 1 is 1.41 bits per heavy atom. The lowest BCUT2D eigenvalue weighted by Gasteiger charge is -2.19. The van der Waals surface area contributed by atoms with Crippen LogP contribution >= 0.6 is 0 Å². The molecule has 1 saturated carbocycles. The molecule has 0 spiro atoms. The smallest absolute Gasteiger partial charge is 0.223 e. The average molecular weight is 407 g/mol. The maximum absolute atomic E-state index is 11.6. The van der Waals surface area contributed by atoms with E-state index in [9.17, 15) is 15.0 Å². The minimum atomic E-state index is -0.419. The van der Waals surface area contributed by atoms with E-state index in [1.807, 2.05) is 6.08 Å². The standard InChI is InChI=1S/C24H42N2O3/c1-5-6-7-17(2)12-20(27)8-9-21-22-14-18(13-19(22)15-23(21)28)16-25-11-10-24(29)26(3)4/h8-9,13,17,19-23,25,27-28H,5-7,10-12,14-16H2,1-4H3/t17-,19-,20+,21+,22-,23+/m0/s1. The number of aliphatic hydroxyl groups is 2. The molecule has 5 heteroatoms. The summed E-state index contributed by atoms with van der Waals surface area (Å²) in [6.45, 7) is 5.92. The molecule has 1 fully saturated rings. The fourth-order valence-electron chi connectivity index (χ4n) is 4.82. The van der Waals surface area contributed by atoms with E-state index in [1.165, 1.54) is 24.8 Å². The van der Waals surface area contributed by atoms with Gasteiger partial charge in [-0.25, -0.2) is 0 Å². The predicted molar refractivity (Wildman–Crippen MR) is 118 cm³/mol.